The van der Waals surface area contributed by atoms with Gasteiger partial charge in [0.15, 0.2) is 0 Å². The van der Waals surface area contributed by atoms with E-state index < -0.39 is 0 Å². The van der Waals surface area contributed by atoms with E-state index in [1.807, 2.05) is 12.1 Å². The van der Waals surface area contributed by atoms with Crippen molar-refractivity contribution in [2.24, 2.45) is 0 Å². The normalized spacial score (nSPS) is 15.8. The van der Waals surface area contributed by atoms with Crippen LogP contribution in [0, 0.1) is 12.1 Å². The molecule has 0 radical (unpaired) electrons. The van der Waals surface area contributed by atoms with E-state index >= 15 is 0 Å². The molecule has 0 N–H and O–H groups in total. The summed E-state index contributed by atoms with van der Waals surface area (Å²) < 4.78 is 0. The highest BCUT2D eigenvalue weighted by atomic mass is 15.2. The van der Waals surface area contributed by atoms with Crippen molar-refractivity contribution in [1.82, 2.24) is 0 Å². The number of para-hydroxylation sites is 4. The van der Waals surface area contributed by atoms with Crippen LogP contribution in [0.25, 0.3) is 75.6 Å². The molecule has 0 saturated heterocycles. The standard InChI is InChI=1S/C94H79N3/c1-11-64(12-2)39-40-65-42-51-79-82-54-50-75(61-86(82)93(7,8)83(79)56-65)97-89-35-23-16-28-70(89)47-48-72(91(97)55-38-62(4)5)59-73-58-71-29-17-24-36-90(71)95(92-37-25-20-32-78(73)92)63(6)76-30-18-19-31-77(76)67(13-3)44-41-66-43-52-80-81-53-49-74(60-85(81)94(9,10)84(80)57-66)96-87-33-21-14-26-68(87)45-46-69-27-15-22-34-88(69)96/h11-12,14,16-26,28-58,60-61H,1,4,13,59H2,2-3,5-10H3. The average Bonchev–Trinajstić information content (AvgIpc) is 1.60. The topological polar surface area (TPSA) is 9.72 Å². The van der Waals surface area contributed by atoms with Crippen LogP contribution in [0.4, 0.5) is 39.8 Å². The minimum Gasteiger partial charge on any atom is -0.313 e. The van der Waals surface area contributed by atoms with E-state index in [9.17, 15) is 0 Å². The molecule has 0 unspecified atom stereocenters. The summed E-state index contributed by atoms with van der Waals surface area (Å²) in [6, 6.07) is 83.2. The lowest BCUT2D eigenvalue weighted by atomic mass is 9.81. The molecule has 0 spiro atoms. The predicted molar refractivity (Wildman–Crippen MR) is 416 cm³/mol. The Labute approximate surface area is 573 Å². The Balaban J connectivity index is 0.790. The van der Waals surface area contributed by atoms with Crippen LogP contribution in [-0.2, 0) is 10.8 Å². The summed E-state index contributed by atoms with van der Waals surface area (Å²) >= 11 is 0. The van der Waals surface area contributed by atoms with Gasteiger partial charge in [-0.1, -0.05) is 272 Å². The van der Waals surface area contributed by atoms with Gasteiger partial charge >= 0.3 is 0 Å². The van der Waals surface area contributed by atoms with Gasteiger partial charge in [-0.15, -0.1) is 0 Å². The Morgan fingerprint density at radius 1 is 0.495 bits per heavy atom. The Bertz CT molecular complexity index is 5280. The van der Waals surface area contributed by atoms with Gasteiger partial charge in [0.1, 0.15) is 0 Å². The van der Waals surface area contributed by atoms with E-state index in [0.717, 1.165) is 85.5 Å². The minimum atomic E-state index is -0.248. The predicted octanol–water partition coefficient (Wildman–Crippen LogP) is 23.7. The number of benzene rings is 9. The monoisotopic (exact) mass is 1250 g/mol. The first kappa shape index (κ1) is 61.7. The number of rotatable bonds is 13. The Morgan fingerprint density at radius 3 is 1.66 bits per heavy atom. The Morgan fingerprint density at radius 2 is 1.03 bits per heavy atom. The van der Waals surface area contributed by atoms with E-state index in [1.54, 1.807) is 0 Å². The first-order valence-electron chi connectivity index (χ1n) is 34.1. The summed E-state index contributed by atoms with van der Waals surface area (Å²) in [4.78, 5) is 7.39. The Kier molecular flexibility index (Phi) is 15.9. The first-order valence-corrected chi connectivity index (χ1v) is 34.1. The zero-order valence-corrected chi connectivity index (χ0v) is 56.8. The second kappa shape index (κ2) is 25.0. The van der Waals surface area contributed by atoms with Crippen molar-refractivity contribution >= 4 is 93.1 Å². The lowest BCUT2D eigenvalue weighted by Gasteiger charge is -2.30. The van der Waals surface area contributed by atoms with E-state index in [4.69, 9.17) is 0 Å². The molecule has 97 heavy (non-hydrogen) atoms. The average molecular weight is 1250 g/mol. The Hall–Kier alpha value is -11.4. The van der Waals surface area contributed by atoms with Gasteiger partial charge in [-0.3, -0.25) is 0 Å². The zero-order valence-electron chi connectivity index (χ0n) is 56.8. The molecule has 3 nitrogen and oxygen atoms in total. The van der Waals surface area contributed by atoms with Gasteiger partial charge in [-0.25, -0.2) is 0 Å². The SMILES string of the molecule is C=CC(C=Cc1ccc2c(c1)C(C)(C)c1cc(N3C(C=CC(=C)C)=C(CC4=Cc5ccccc5N(C(C)=c5ccccc5=C(C=Cc5ccc6c(c5)C(C)(C)c5cc(N7c8ccc#cc8C=Cc8ccccc87)ccc5-6)CC)c5ccccc54)C=Cc4ccccc43)ccc1-2)=CC. The lowest BCUT2D eigenvalue weighted by Crippen LogP contribution is -2.33. The number of anilines is 7. The zero-order chi connectivity index (χ0) is 66.7. The van der Waals surface area contributed by atoms with Crippen LogP contribution in [0.3, 0.4) is 0 Å². The molecule has 470 valence electrons. The van der Waals surface area contributed by atoms with Crippen molar-refractivity contribution in [2.75, 3.05) is 14.7 Å². The van der Waals surface area contributed by atoms with Gasteiger partial charge in [-0.05, 0) is 206 Å². The molecule has 3 aliphatic heterocycles. The van der Waals surface area contributed by atoms with Gasteiger partial charge in [0.05, 0.1) is 28.4 Å². The summed E-state index contributed by atoms with van der Waals surface area (Å²) in [6.45, 7) is 26.7. The molecule has 2 aliphatic carbocycles. The fourth-order valence-electron chi connectivity index (χ4n) is 15.4. The summed E-state index contributed by atoms with van der Waals surface area (Å²) in [5.41, 5.74) is 34.0. The molecular weight excluding hydrogens is 1170 g/mol. The molecular formula is C94H79N3. The third-order valence-electron chi connectivity index (χ3n) is 20.5. The second-order valence-electron chi connectivity index (χ2n) is 27.2. The fourth-order valence-corrected chi connectivity index (χ4v) is 15.4. The molecule has 0 saturated carbocycles. The highest BCUT2D eigenvalue weighted by Gasteiger charge is 2.39. The molecule has 0 aromatic heterocycles. The maximum atomic E-state index is 4.40. The van der Waals surface area contributed by atoms with Crippen molar-refractivity contribution in [1.29, 1.82) is 0 Å². The molecule has 0 atom stereocenters. The first-order chi connectivity index (χ1) is 47.2. The van der Waals surface area contributed by atoms with Crippen LogP contribution < -0.4 is 25.1 Å². The van der Waals surface area contributed by atoms with Crippen molar-refractivity contribution in [3.8, 4) is 22.3 Å². The summed E-state index contributed by atoms with van der Waals surface area (Å²) in [5, 5.41) is 2.42. The third-order valence-corrected chi connectivity index (χ3v) is 20.5. The number of allylic oxidation sites excluding steroid dienone is 11. The van der Waals surface area contributed by atoms with Crippen molar-refractivity contribution in [3.05, 3.63) is 368 Å². The third kappa shape index (κ3) is 10.9. The largest absolute Gasteiger partial charge is 0.313 e. The van der Waals surface area contributed by atoms with Gasteiger partial charge < -0.3 is 14.7 Å². The maximum absolute atomic E-state index is 4.40. The van der Waals surface area contributed by atoms with Crippen molar-refractivity contribution < 1.29 is 0 Å². The smallest absolute Gasteiger partial charge is 0.0624 e. The van der Waals surface area contributed by atoms with Crippen LogP contribution in [0.2, 0.25) is 0 Å². The molecule has 3 heterocycles. The molecule has 0 fully saturated rings. The van der Waals surface area contributed by atoms with E-state index in [2.05, 4.69) is 368 Å². The molecule has 10 aromatic rings. The van der Waals surface area contributed by atoms with Gasteiger partial charge in [0.2, 0.25) is 0 Å². The highest BCUT2D eigenvalue weighted by molar-refractivity contribution is 6.01. The van der Waals surface area contributed by atoms with Crippen LogP contribution in [-0.4, -0.2) is 0 Å². The van der Waals surface area contributed by atoms with Gasteiger partial charge in [0.25, 0.3) is 0 Å². The van der Waals surface area contributed by atoms with E-state index in [0.29, 0.717) is 6.42 Å². The summed E-state index contributed by atoms with van der Waals surface area (Å²) in [5.74, 6) is 0. The van der Waals surface area contributed by atoms with Gasteiger partial charge in [-0.2, -0.15) is 0 Å². The fraction of sp³-hybridized carbons (Fsp3) is 0.128. The molecule has 10 aromatic carbocycles. The summed E-state index contributed by atoms with van der Waals surface area (Å²) in [6.07, 6.45) is 30.5. The van der Waals surface area contributed by atoms with E-state index in [-0.39, 0.29) is 10.8 Å². The lowest BCUT2D eigenvalue weighted by molar-refractivity contribution is 0.660. The number of fused-ring (bicyclic) bond motifs is 11. The number of hydrogen-bond donors (Lipinski definition) is 0. The molecule has 5 aliphatic rings. The molecule has 15 rings (SSSR count). The van der Waals surface area contributed by atoms with Crippen LogP contribution in [0.15, 0.2) is 284 Å². The number of nitrogens with zero attached hydrogens (tertiary/aromatic N) is 3. The van der Waals surface area contributed by atoms with Crippen molar-refractivity contribution in [2.45, 2.75) is 79.1 Å². The maximum Gasteiger partial charge on any atom is 0.0624 e. The second-order valence-corrected chi connectivity index (χ2v) is 27.2. The molecule has 0 amide bonds. The highest BCUT2D eigenvalue weighted by Crippen LogP contribution is 2.54. The van der Waals surface area contributed by atoms with Crippen LogP contribution >= 0.6 is 0 Å². The number of hydrogen-bond acceptors (Lipinski definition) is 3. The van der Waals surface area contributed by atoms with E-state index in [1.165, 1.54) is 93.9 Å². The van der Waals surface area contributed by atoms with Crippen molar-refractivity contribution in [3.63, 3.8) is 0 Å². The quantitative estimate of drug-likeness (QED) is 0.107. The minimum absolute atomic E-state index is 0.237. The molecule has 0 bridgehead atoms. The molecule has 3 heteroatoms. The van der Waals surface area contributed by atoms with Gasteiger partial charge in [0, 0.05) is 56.4 Å². The van der Waals surface area contributed by atoms with Crippen LogP contribution in [0.1, 0.15) is 129 Å². The van der Waals surface area contributed by atoms with Crippen LogP contribution in [0.5, 0.6) is 0 Å². The summed E-state index contributed by atoms with van der Waals surface area (Å²) in [7, 11) is 0.